The maximum atomic E-state index is 12.8. The number of likely N-dealkylation sites (N-methyl/N-ethyl adjacent to an activating group) is 1. The van der Waals surface area contributed by atoms with E-state index in [2.05, 4.69) is 9.97 Å². The molecule has 4 rings (SSSR count). The van der Waals surface area contributed by atoms with E-state index in [-0.39, 0.29) is 23.9 Å². The van der Waals surface area contributed by atoms with E-state index in [0.717, 1.165) is 9.13 Å². The molecule has 0 unspecified atom stereocenters. The van der Waals surface area contributed by atoms with Gasteiger partial charge in [0.1, 0.15) is 13.2 Å². The molecule has 0 aliphatic carbocycles. The molecule has 11 heteroatoms. The van der Waals surface area contributed by atoms with Crippen LogP contribution in [0.1, 0.15) is 5.56 Å². The minimum Gasteiger partial charge on any atom is -0.459 e. The molecule has 34 heavy (non-hydrogen) atoms. The highest BCUT2D eigenvalue weighted by Gasteiger charge is 2.13. The van der Waals surface area contributed by atoms with Crippen molar-refractivity contribution in [2.24, 2.45) is 0 Å². The zero-order valence-corrected chi connectivity index (χ0v) is 18.7. The van der Waals surface area contributed by atoms with E-state index in [0.29, 0.717) is 23.1 Å². The first kappa shape index (κ1) is 22.9. The van der Waals surface area contributed by atoms with Crippen molar-refractivity contribution < 1.29 is 9.53 Å². The number of aromatic nitrogens is 4. The zero-order chi connectivity index (χ0) is 24.4. The molecule has 11 nitrogen and oxygen atoms in total. The molecule has 176 valence electrons. The minimum atomic E-state index is -0.784. The number of hydrogen-bond donors (Lipinski definition) is 2. The lowest BCUT2D eigenvalue weighted by Gasteiger charge is -2.11. The highest BCUT2D eigenvalue weighted by molar-refractivity contribution is 5.79. The average Bonchev–Trinajstić information content (AvgIpc) is 2.80. The summed E-state index contributed by atoms with van der Waals surface area (Å²) in [6.45, 7) is 0.00691. The van der Waals surface area contributed by atoms with Crippen molar-refractivity contribution in [3.8, 4) is 0 Å². The Balaban J connectivity index is 1.53. The minimum absolute atomic E-state index is 0.175. The number of aromatic amines is 2. The van der Waals surface area contributed by atoms with E-state index >= 15 is 0 Å². The largest absolute Gasteiger partial charge is 0.459 e. The third kappa shape index (κ3) is 4.59. The molecule has 2 aromatic heterocycles. The van der Waals surface area contributed by atoms with Crippen LogP contribution in [0.4, 0.5) is 0 Å². The number of esters is 1. The van der Waals surface area contributed by atoms with Crippen LogP contribution in [0.3, 0.4) is 0 Å². The Kier molecular flexibility index (Phi) is 6.28. The Morgan fingerprint density at radius 2 is 1.53 bits per heavy atom. The summed E-state index contributed by atoms with van der Waals surface area (Å²) in [6.07, 6.45) is 0. The predicted molar refractivity (Wildman–Crippen MR) is 126 cm³/mol. The second-order valence-electron chi connectivity index (χ2n) is 8.10. The van der Waals surface area contributed by atoms with E-state index in [9.17, 15) is 24.0 Å². The molecular weight excluding hydrogens is 442 g/mol. The van der Waals surface area contributed by atoms with Gasteiger partial charge in [-0.2, -0.15) is 0 Å². The second kappa shape index (κ2) is 9.32. The van der Waals surface area contributed by atoms with Crippen molar-refractivity contribution in [3.63, 3.8) is 0 Å². The third-order valence-corrected chi connectivity index (χ3v) is 5.39. The van der Waals surface area contributed by atoms with Crippen molar-refractivity contribution in [1.29, 1.82) is 0 Å². The van der Waals surface area contributed by atoms with Gasteiger partial charge in [0.2, 0.25) is 0 Å². The highest BCUT2D eigenvalue weighted by Crippen LogP contribution is 2.11. The summed E-state index contributed by atoms with van der Waals surface area (Å²) in [6, 6.07) is 11.2. The molecule has 0 atom stereocenters. The van der Waals surface area contributed by atoms with Crippen molar-refractivity contribution in [2.75, 3.05) is 20.6 Å². The van der Waals surface area contributed by atoms with E-state index < -0.39 is 35.0 Å². The lowest BCUT2D eigenvalue weighted by molar-refractivity contribution is -0.145. The number of H-pyrrole nitrogens is 2. The van der Waals surface area contributed by atoms with E-state index in [1.807, 2.05) is 19.0 Å². The van der Waals surface area contributed by atoms with E-state index in [4.69, 9.17) is 4.74 Å². The summed E-state index contributed by atoms with van der Waals surface area (Å²) in [5, 5.41) is 0.568. The van der Waals surface area contributed by atoms with Crippen LogP contribution in [0, 0.1) is 0 Å². The first-order chi connectivity index (χ1) is 16.2. The van der Waals surface area contributed by atoms with Gasteiger partial charge in [-0.05, 0) is 43.9 Å². The Morgan fingerprint density at radius 1 is 0.882 bits per heavy atom. The number of rotatable bonds is 7. The van der Waals surface area contributed by atoms with Gasteiger partial charge in [0.05, 0.1) is 21.8 Å². The second-order valence-corrected chi connectivity index (χ2v) is 8.10. The van der Waals surface area contributed by atoms with Gasteiger partial charge in [0, 0.05) is 13.1 Å². The first-order valence-corrected chi connectivity index (χ1v) is 10.5. The van der Waals surface area contributed by atoms with E-state index in [1.165, 1.54) is 0 Å². The van der Waals surface area contributed by atoms with Gasteiger partial charge in [0.15, 0.2) is 0 Å². The Labute approximate surface area is 191 Å². The number of carbonyl (C=O) groups is 1. The van der Waals surface area contributed by atoms with Gasteiger partial charge in [-0.15, -0.1) is 0 Å². The molecule has 0 saturated carbocycles. The molecular formula is C23H23N5O6. The molecule has 2 aromatic carbocycles. The molecule has 0 fully saturated rings. The summed E-state index contributed by atoms with van der Waals surface area (Å²) in [5.74, 6) is -0.784. The monoisotopic (exact) mass is 465 g/mol. The van der Waals surface area contributed by atoms with Crippen LogP contribution in [0.15, 0.2) is 61.6 Å². The number of fused-ring (bicyclic) bond motifs is 2. The quantitative estimate of drug-likeness (QED) is 0.366. The summed E-state index contributed by atoms with van der Waals surface area (Å²) in [7, 11) is 3.68. The van der Waals surface area contributed by atoms with Crippen LogP contribution in [-0.2, 0) is 29.2 Å². The van der Waals surface area contributed by atoms with Gasteiger partial charge < -0.3 is 19.6 Å². The zero-order valence-electron chi connectivity index (χ0n) is 18.7. The maximum absolute atomic E-state index is 12.8. The van der Waals surface area contributed by atoms with Gasteiger partial charge in [-0.3, -0.25) is 19.0 Å². The van der Waals surface area contributed by atoms with Crippen LogP contribution in [-0.4, -0.2) is 50.6 Å². The van der Waals surface area contributed by atoms with Crippen LogP contribution in [0.5, 0.6) is 0 Å². The summed E-state index contributed by atoms with van der Waals surface area (Å²) < 4.78 is 7.14. The van der Waals surface area contributed by atoms with Crippen molar-refractivity contribution in [3.05, 3.63) is 89.7 Å². The van der Waals surface area contributed by atoms with Gasteiger partial charge in [-0.25, -0.2) is 14.2 Å². The van der Waals surface area contributed by atoms with Gasteiger partial charge in [0.25, 0.3) is 11.1 Å². The summed E-state index contributed by atoms with van der Waals surface area (Å²) in [4.78, 5) is 69.3. The van der Waals surface area contributed by atoms with Crippen LogP contribution < -0.4 is 22.5 Å². The smallest absolute Gasteiger partial charge is 0.329 e. The first-order valence-electron chi connectivity index (χ1n) is 10.5. The molecule has 0 spiro atoms. The molecule has 4 aromatic rings. The average molecular weight is 465 g/mol. The van der Waals surface area contributed by atoms with Crippen molar-refractivity contribution in [2.45, 2.75) is 19.7 Å². The molecule has 0 radical (unpaired) electrons. The molecule has 0 amide bonds. The number of carbonyl (C=O) groups excluding carboxylic acids is 1. The fourth-order valence-electron chi connectivity index (χ4n) is 3.57. The fraction of sp³-hybridized carbons (Fsp3) is 0.261. The summed E-state index contributed by atoms with van der Waals surface area (Å²) in [5.41, 5.74) is -0.970. The van der Waals surface area contributed by atoms with Crippen LogP contribution >= 0.6 is 0 Å². The van der Waals surface area contributed by atoms with Gasteiger partial charge >= 0.3 is 17.3 Å². The van der Waals surface area contributed by atoms with Gasteiger partial charge in [-0.1, -0.05) is 18.2 Å². The number of para-hydroxylation sites is 1. The molecule has 0 aliphatic heterocycles. The SMILES string of the molecule is CN(C)CCn1c(=O)[nH]c2ccc(COC(=O)Cn3c(=O)[nH]c4ccccc4c3=O)cc2c1=O. The fourth-order valence-corrected chi connectivity index (χ4v) is 3.57. The lowest BCUT2D eigenvalue weighted by Crippen LogP contribution is -2.38. The molecule has 0 bridgehead atoms. The molecule has 0 saturated heterocycles. The topological polar surface area (TPSA) is 139 Å². The lowest BCUT2D eigenvalue weighted by atomic mass is 10.1. The van der Waals surface area contributed by atoms with E-state index in [1.54, 1.807) is 42.5 Å². The Morgan fingerprint density at radius 3 is 2.26 bits per heavy atom. The predicted octanol–water partition coefficient (Wildman–Crippen LogP) is -0.00200. The standard InChI is InChI=1S/C23H23N5O6/c1-26(2)9-10-27-21(31)16-11-14(7-8-18(16)25-22(27)32)13-34-19(29)12-28-20(30)15-5-3-4-6-17(15)24-23(28)33/h3-8,11H,9-10,12-13H2,1-2H3,(H,24,33)(H,25,32). The number of benzene rings is 2. The number of nitrogens with zero attached hydrogens (tertiary/aromatic N) is 3. The highest BCUT2D eigenvalue weighted by atomic mass is 16.5. The van der Waals surface area contributed by atoms with Crippen LogP contribution in [0.2, 0.25) is 0 Å². The number of ether oxygens (including phenoxy) is 1. The van der Waals surface area contributed by atoms with Crippen molar-refractivity contribution in [1.82, 2.24) is 24.0 Å². The third-order valence-electron chi connectivity index (χ3n) is 5.39. The summed E-state index contributed by atoms with van der Waals surface area (Å²) >= 11 is 0. The van der Waals surface area contributed by atoms with Crippen molar-refractivity contribution >= 4 is 27.8 Å². The number of hydrogen-bond acceptors (Lipinski definition) is 7. The molecule has 2 heterocycles. The number of nitrogens with one attached hydrogen (secondary N) is 2. The Bertz CT molecular complexity index is 1630. The van der Waals surface area contributed by atoms with Crippen LogP contribution in [0.25, 0.3) is 21.8 Å². The molecule has 2 N–H and O–H groups in total. The Hall–Kier alpha value is -4.25. The molecule has 0 aliphatic rings. The maximum Gasteiger partial charge on any atom is 0.329 e. The normalized spacial score (nSPS) is 11.4.